The predicted octanol–water partition coefficient (Wildman–Crippen LogP) is 4.28. The van der Waals surface area contributed by atoms with E-state index in [9.17, 15) is 4.79 Å². The van der Waals surface area contributed by atoms with Gasteiger partial charge in [0, 0.05) is 17.4 Å². The topological polar surface area (TPSA) is 42.2 Å². The number of rotatable bonds is 4. The quantitative estimate of drug-likeness (QED) is 0.830. The van der Waals surface area contributed by atoms with Crippen molar-refractivity contribution in [1.29, 1.82) is 0 Å². The second-order valence-corrected chi connectivity index (χ2v) is 6.65. The van der Waals surface area contributed by atoms with E-state index in [4.69, 9.17) is 4.42 Å². The number of carbonyl (C=O) groups excluding carboxylic acids is 1. The molecule has 1 aliphatic carbocycles. The summed E-state index contributed by atoms with van der Waals surface area (Å²) < 4.78 is 5.54. The van der Waals surface area contributed by atoms with Crippen molar-refractivity contribution in [3.05, 3.63) is 22.6 Å². The predicted molar refractivity (Wildman–Crippen MR) is 84.6 cm³/mol. The lowest BCUT2D eigenvalue weighted by atomic mass is 9.75. The van der Waals surface area contributed by atoms with Crippen LogP contribution in [0.3, 0.4) is 0 Å². The van der Waals surface area contributed by atoms with Gasteiger partial charge in [0.2, 0.25) is 0 Å². The van der Waals surface area contributed by atoms with Crippen LogP contribution < -0.4 is 5.32 Å². The summed E-state index contributed by atoms with van der Waals surface area (Å²) in [6.45, 7) is 6.46. The molecule has 1 N–H and O–H groups in total. The first-order valence-corrected chi connectivity index (χ1v) is 8.52. The highest BCUT2D eigenvalue weighted by Gasteiger charge is 2.32. The van der Waals surface area contributed by atoms with Crippen LogP contribution in [0, 0.1) is 26.2 Å². The number of nitrogens with one attached hydrogen (secondary N) is 1. The van der Waals surface area contributed by atoms with Crippen molar-refractivity contribution in [2.75, 3.05) is 11.9 Å². The molecule has 4 heteroatoms. The van der Waals surface area contributed by atoms with Crippen molar-refractivity contribution in [2.24, 2.45) is 5.41 Å². The highest BCUT2D eigenvalue weighted by Crippen LogP contribution is 2.37. The summed E-state index contributed by atoms with van der Waals surface area (Å²) in [5, 5.41) is 4.09. The molecule has 1 heterocycles. The minimum atomic E-state index is 0.00254. The van der Waals surface area contributed by atoms with E-state index in [1.807, 2.05) is 20.8 Å². The van der Waals surface area contributed by atoms with Gasteiger partial charge in [-0.2, -0.15) is 0 Å². The first kappa shape index (κ1) is 15.6. The SMILES string of the molecule is Cc1oc(C)c(C(=O)NCC2(CBr)CCCCC2)c1C. The molecule has 1 amide bonds. The summed E-state index contributed by atoms with van der Waals surface area (Å²) in [5.41, 5.74) is 1.90. The minimum absolute atomic E-state index is 0.00254. The number of carbonyl (C=O) groups is 1. The van der Waals surface area contributed by atoms with E-state index < -0.39 is 0 Å². The number of halogens is 1. The monoisotopic (exact) mass is 341 g/mol. The van der Waals surface area contributed by atoms with Crippen molar-refractivity contribution in [1.82, 2.24) is 5.32 Å². The van der Waals surface area contributed by atoms with Crippen LogP contribution in [-0.2, 0) is 0 Å². The van der Waals surface area contributed by atoms with Crippen molar-refractivity contribution >= 4 is 21.8 Å². The first-order valence-electron chi connectivity index (χ1n) is 7.40. The van der Waals surface area contributed by atoms with Crippen LogP contribution in [0.4, 0.5) is 0 Å². The van der Waals surface area contributed by atoms with Crippen molar-refractivity contribution in [3.8, 4) is 0 Å². The molecule has 0 bridgehead atoms. The zero-order valence-corrected chi connectivity index (χ0v) is 14.2. The molecule has 0 unspecified atom stereocenters. The maximum atomic E-state index is 12.4. The number of hydrogen-bond donors (Lipinski definition) is 1. The van der Waals surface area contributed by atoms with E-state index in [2.05, 4.69) is 21.2 Å². The summed E-state index contributed by atoms with van der Waals surface area (Å²) in [7, 11) is 0. The maximum absolute atomic E-state index is 12.4. The Morgan fingerprint density at radius 2 is 1.85 bits per heavy atom. The summed E-state index contributed by atoms with van der Waals surface area (Å²) in [6.07, 6.45) is 6.25. The molecule has 20 heavy (non-hydrogen) atoms. The fourth-order valence-electron chi connectivity index (χ4n) is 3.14. The molecule has 1 aromatic rings. The van der Waals surface area contributed by atoms with E-state index in [-0.39, 0.29) is 11.3 Å². The van der Waals surface area contributed by atoms with Gasteiger partial charge < -0.3 is 9.73 Å². The molecule has 1 fully saturated rings. The molecule has 0 aromatic carbocycles. The van der Waals surface area contributed by atoms with Gasteiger partial charge >= 0.3 is 0 Å². The van der Waals surface area contributed by atoms with Gasteiger partial charge in [-0.05, 0) is 39.0 Å². The summed E-state index contributed by atoms with van der Waals surface area (Å²) in [6, 6.07) is 0. The third kappa shape index (κ3) is 3.11. The smallest absolute Gasteiger partial charge is 0.255 e. The molecule has 1 aromatic heterocycles. The Balaban J connectivity index is 2.04. The summed E-state index contributed by atoms with van der Waals surface area (Å²) in [5.74, 6) is 1.55. The molecule has 0 aliphatic heterocycles. The van der Waals surface area contributed by atoms with Crippen LogP contribution in [-0.4, -0.2) is 17.8 Å². The first-order chi connectivity index (χ1) is 9.49. The van der Waals surface area contributed by atoms with E-state index in [1.165, 1.54) is 32.1 Å². The van der Waals surface area contributed by atoms with Crippen LogP contribution in [0.5, 0.6) is 0 Å². The molecular weight excluding hydrogens is 318 g/mol. The van der Waals surface area contributed by atoms with Gasteiger partial charge in [0.05, 0.1) is 5.56 Å². The average Bonchev–Trinajstić information content (AvgIpc) is 2.71. The molecule has 112 valence electrons. The Morgan fingerprint density at radius 1 is 1.20 bits per heavy atom. The maximum Gasteiger partial charge on any atom is 0.255 e. The lowest BCUT2D eigenvalue weighted by Gasteiger charge is -2.35. The standard InChI is InChI=1S/C16H24BrNO2/c1-11-12(2)20-13(3)14(11)15(19)18-10-16(9-17)7-5-4-6-8-16/h4-10H2,1-3H3,(H,18,19). The normalized spacial score (nSPS) is 18.0. The van der Waals surface area contributed by atoms with Gasteiger partial charge in [-0.3, -0.25) is 4.79 Å². The lowest BCUT2D eigenvalue weighted by molar-refractivity contribution is 0.0920. The fourth-order valence-corrected chi connectivity index (χ4v) is 3.90. The third-order valence-electron chi connectivity index (χ3n) is 4.61. The van der Waals surface area contributed by atoms with Crippen LogP contribution in [0.1, 0.15) is 59.5 Å². The van der Waals surface area contributed by atoms with Gasteiger partial charge in [0.15, 0.2) is 0 Å². The molecule has 3 nitrogen and oxygen atoms in total. The molecule has 1 saturated carbocycles. The molecule has 0 atom stereocenters. The lowest BCUT2D eigenvalue weighted by Crippen LogP contribution is -2.40. The Bertz CT molecular complexity index is 487. The van der Waals surface area contributed by atoms with E-state index in [1.54, 1.807) is 0 Å². The number of amides is 1. The van der Waals surface area contributed by atoms with Crippen molar-refractivity contribution in [3.63, 3.8) is 0 Å². The minimum Gasteiger partial charge on any atom is -0.466 e. The van der Waals surface area contributed by atoms with Crippen LogP contribution in [0.2, 0.25) is 0 Å². The number of aryl methyl sites for hydroxylation is 2. The van der Waals surface area contributed by atoms with E-state index in [0.29, 0.717) is 11.3 Å². The van der Waals surface area contributed by atoms with Crippen molar-refractivity contribution in [2.45, 2.75) is 52.9 Å². The van der Waals surface area contributed by atoms with Crippen molar-refractivity contribution < 1.29 is 9.21 Å². The Hall–Kier alpha value is -0.770. The Morgan fingerprint density at radius 3 is 2.35 bits per heavy atom. The van der Waals surface area contributed by atoms with Gasteiger partial charge in [-0.25, -0.2) is 0 Å². The zero-order chi connectivity index (χ0) is 14.8. The van der Waals surface area contributed by atoms with Crippen LogP contribution in [0.15, 0.2) is 4.42 Å². The fraction of sp³-hybridized carbons (Fsp3) is 0.688. The molecular formula is C16H24BrNO2. The molecule has 1 aliphatic rings. The highest BCUT2D eigenvalue weighted by atomic mass is 79.9. The number of furan rings is 1. The summed E-state index contributed by atoms with van der Waals surface area (Å²) in [4.78, 5) is 12.4. The molecule has 2 rings (SSSR count). The number of alkyl halides is 1. The summed E-state index contributed by atoms with van der Waals surface area (Å²) >= 11 is 3.64. The second kappa shape index (κ2) is 6.33. The second-order valence-electron chi connectivity index (χ2n) is 6.09. The molecule has 0 saturated heterocycles. The van der Waals surface area contributed by atoms with Crippen LogP contribution in [0.25, 0.3) is 0 Å². The molecule has 0 spiro atoms. The Labute approximate surface area is 129 Å². The van der Waals surface area contributed by atoms with Gasteiger partial charge in [-0.1, -0.05) is 35.2 Å². The van der Waals surface area contributed by atoms with E-state index in [0.717, 1.165) is 23.2 Å². The van der Waals surface area contributed by atoms with Gasteiger partial charge in [0.25, 0.3) is 5.91 Å². The molecule has 0 radical (unpaired) electrons. The number of hydrogen-bond acceptors (Lipinski definition) is 2. The third-order valence-corrected chi connectivity index (χ3v) is 5.80. The van der Waals surface area contributed by atoms with Gasteiger partial charge in [0.1, 0.15) is 11.5 Å². The van der Waals surface area contributed by atoms with Gasteiger partial charge in [-0.15, -0.1) is 0 Å². The average molecular weight is 342 g/mol. The zero-order valence-electron chi connectivity index (χ0n) is 12.6. The highest BCUT2D eigenvalue weighted by molar-refractivity contribution is 9.09. The largest absolute Gasteiger partial charge is 0.466 e. The Kier molecular flexibility index (Phi) is 4.95. The van der Waals surface area contributed by atoms with Crippen LogP contribution >= 0.6 is 15.9 Å². The van der Waals surface area contributed by atoms with E-state index >= 15 is 0 Å².